The second-order valence-corrected chi connectivity index (χ2v) is 19.6. The van der Waals surface area contributed by atoms with Crippen molar-refractivity contribution in [1.82, 2.24) is 0 Å². The van der Waals surface area contributed by atoms with Crippen LogP contribution in [0.3, 0.4) is 0 Å². The van der Waals surface area contributed by atoms with Crippen LogP contribution in [0, 0.1) is 0 Å². The molecule has 0 bridgehead atoms. The van der Waals surface area contributed by atoms with Crippen LogP contribution in [0.4, 0.5) is 34.5 Å². The third kappa shape index (κ3) is 14.0. The Kier molecular flexibility index (Phi) is 15.4. The zero-order valence-corrected chi connectivity index (χ0v) is 25.8. The van der Waals surface area contributed by atoms with Crippen LogP contribution in [0.5, 0.6) is 0 Å². The first kappa shape index (κ1) is 35.6. The summed E-state index contributed by atoms with van der Waals surface area (Å²) in [6, 6.07) is 0. The summed E-state index contributed by atoms with van der Waals surface area (Å²) in [5, 5.41) is 0. The molecule has 4 fully saturated rings. The van der Waals surface area contributed by atoms with E-state index in [1.807, 2.05) is 0 Å². The lowest BCUT2D eigenvalue weighted by Gasteiger charge is -2.56. The van der Waals surface area contributed by atoms with Crippen LogP contribution in [0.1, 0.15) is 142 Å². The second-order valence-electron chi connectivity index (χ2n) is 12.5. The molecule has 232 valence electrons. The molecule has 0 N–H and O–H groups in total. The molecule has 4 aliphatic rings. The molecule has 0 atom stereocenters. The molecule has 0 spiro atoms. The van der Waals surface area contributed by atoms with Gasteiger partial charge in [-0.3, -0.25) is 0 Å². The molecule has 0 aromatic carbocycles. The van der Waals surface area contributed by atoms with Gasteiger partial charge in [0.15, 0.2) is 0 Å². The molecule has 0 heterocycles. The highest BCUT2D eigenvalue weighted by atomic mass is 31.2. The zero-order valence-electron chi connectivity index (χ0n) is 24.0. The van der Waals surface area contributed by atoms with E-state index in [4.69, 9.17) is 0 Å². The highest BCUT2D eigenvalue weighted by Gasteiger charge is 2.49. The fourth-order valence-electron chi connectivity index (χ4n) is 7.95. The van der Waals surface area contributed by atoms with Gasteiger partial charge in [-0.25, -0.2) is 0 Å². The van der Waals surface area contributed by atoms with Gasteiger partial charge in [-0.15, -0.1) is 0 Å². The van der Waals surface area contributed by atoms with E-state index >= 15 is 0 Å². The Labute approximate surface area is 234 Å². The van der Waals surface area contributed by atoms with Crippen LogP contribution in [0.2, 0.25) is 0 Å². The summed E-state index contributed by atoms with van der Waals surface area (Å²) in [5.74, 6) is 0. The van der Waals surface area contributed by atoms with Crippen molar-refractivity contribution >= 4 is 30.4 Å². The predicted molar refractivity (Wildman–Crippen MR) is 156 cm³/mol. The molecule has 39 heavy (non-hydrogen) atoms. The second kappa shape index (κ2) is 16.9. The van der Waals surface area contributed by atoms with Gasteiger partial charge in [0.25, 0.3) is 0 Å². The van der Waals surface area contributed by atoms with Crippen LogP contribution < -0.4 is 0 Å². The summed E-state index contributed by atoms with van der Waals surface area (Å²) in [7, 11) is -11.6. The van der Waals surface area contributed by atoms with Crippen LogP contribution in [-0.4, -0.2) is 42.0 Å². The van der Waals surface area contributed by atoms with Crippen LogP contribution in [-0.2, 0) is 0 Å². The Morgan fingerprint density at radius 3 is 0.692 bits per heavy atom. The molecule has 0 saturated heterocycles. The molecule has 0 aromatic rings. The van der Waals surface area contributed by atoms with Gasteiger partial charge in [-0.2, -0.15) is 0 Å². The lowest BCUT2D eigenvalue weighted by Crippen LogP contribution is -2.37. The maximum absolute atomic E-state index is 9.75. The molecule has 12 heteroatoms. The molecular weight excluding hydrogens is 560 g/mol. The topological polar surface area (TPSA) is 0 Å². The Morgan fingerprint density at radius 1 is 0.385 bits per heavy atom. The number of hydrogen-bond acceptors (Lipinski definition) is 0. The van der Waals surface area contributed by atoms with E-state index < -0.39 is 14.5 Å². The summed E-state index contributed by atoms with van der Waals surface area (Å²) in [4.78, 5) is 0.693. The first-order valence-electron chi connectivity index (χ1n) is 15.5. The van der Waals surface area contributed by atoms with Crippen molar-refractivity contribution in [2.45, 2.75) is 170 Å². The molecular formula is C27H50B2F8P2-2. The van der Waals surface area contributed by atoms with E-state index in [1.54, 1.807) is 103 Å². The zero-order chi connectivity index (χ0) is 29.1. The Balaban J connectivity index is 0.000000458. The van der Waals surface area contributed by atoms with Gasteiger partial charge in [0.05, 0.1) is 0 Å². The van der Waals surface area contributed by atoms with Crippen LogP contribution in [0.15, 0.2) is 0 Å². The highest BCUT2D eigenvalue weighted by Crippen LogP contribution is 2.78. The largest absolute Gasteiger partial charge is 0.673 e. The van der Waals surface area contributed by atoms with Crippen molar-refractivity contribution in [3.05, 3.63) is 0 Å². The van der Waals surface area contributed by atoms with E-state index in [2.05, 4.69) is 13.8 Å². The van der Waals surface area contributed by atoms with Gasteiger partial charge in [0, 0.05) is 4.90 Å². The number of halogens is 8. The first-order valence-corrected chi connectivity index (χ1v) is 18.5. The summed E-state index contributed by atoms with van der Waals surface area (Å²) < 4.78 is 78.0. The lowest BCUT2D eigenvalue weighted by molar-refractivity contribution is 0.366. The van der Waals surface area contributed by atoms with E-state index in [-0.39, 0.29) is 15.8 Å². The quantitative estimate of drug-likeness (QED) is 0.160. The number of hydrogen-bond donors (Lipinski definition) is 0. The van der Waals surface area contributed by atoms with Gasteiger partial charge in [-0.1, -0.05) is 107 Å². The third-order valence-electron chi connectivity index (χ3n) is 9.14. The molecule has 4 rings (SSSR count). The monoisotopic (exact) mass is 610 g/mol. The molecule has 0 aromatic heterocycles. The maximum Gasteiger partial charge on any atom is 0.673 e. The standard InChI is InChI=1S/C27H50P2.2BF4/c1-27(2,28(23-15-7-3-8-16-23)24-17-9-4-10-18-24)29(25-19-11-5-12-20-25)26-21-13-6-14-22-26;2*2-1(3,4)5/h23-26H,3-22H2,1-2H3;;/q;2*-1. The fraction of sp³-hybridized carbons (Fsp3) is 1.00. The average molecular weight is 610 g/mol. The lowest BCUT2D eigenvalue weighted by atomic mass is 9.99. The fourth-order valence-corrected chi connectivity index (χ4v) is 19.4. The van der Waals surface area contributed by atoms with Gasteiger partial charge in [0.2, 0.25) is 0 Å². The summed E-state index contributed by atoms with van der Waals surface area (Å²) in [5.41, 5.74) is 4.53. The summed E-state index contributed by atoms with van der Waals surface area (Å²) in [6.07, 6.45) is 31.4. The summed E-state index contributed by atoms with van der Waals surface area (Å²) >= 11 is 0. The maximum atomic E-state index is 9.75. The third-order valence-corrected chi connectivity index (χ3v) is 18.3. The SMILES string of the molecule is CC(C)(P(C1CCCCC1)C1CCCCC1)P(C1CCCCC1)C1CCCCC1.F[B-](F)(F)F.F[B-](F)(F)F. The molecule has 4 saturated carbocycles. The molecule has 0 unspecified atom stereocenters. The molecule has 4 aliphatic carbocycles. The highest BCUT2D eigenvalue weighted by molar-refractivity contribution is 7.78. The van der Waals surface area contributed by atoms with Gasteiger partial charge in [-0.05, 0) is 74.0 Å². The van der Waals surface area contributed by atoms with Crippen molar-refractivity contribution in [1.29, 1.82) is 0 Å². The van der Waals surface area contributed by atoms with Crippen molar-refractivity contribution in [2.24, 2.45) is 0 Å². The van der Waals surface area contributed by atoms with Crippen molar-refractivity contribution in [3.63, 3.8) is 0 Å². The van der Waals surface area contributed by atoms with E-state index in [1.165, 1.54) is 25.7 Å². The molecule has 0 radical (unpaired) electrons. The number of rotatable bonds is 6. The Morgan fingerprint density at radius 2 is 0.538 bits per heavy atom. The Bertz CT molecular complexity index is 551. The van der Waals surface area contributed by atoms with Crippen molar-refractivity contribution in [3.8, 4) is 0 Å². The van der Waals surface area contributed by atoms with Gasteiger partial charge >= 0.3 is 14.5 Å². The smallest absolute Gasteiger partial charge is 0.418 e. The van der Waals surface area contributed by atoms with Gasteiger partial charge in [0.1, 0.15) is 0 Å². The van der Waals surface area contributed by atoms with E-state index in [0.29, 0.717) is 4.90 Å². The molecule has 0 nitrogen and oxygen atoms in total. The van der Waals surface area contributed by atoms with Crippen molar-refractivity contribution < 1.29 is 34.5 Å². The molecule has 0 amide bonds. The minimum absolute atomic E-state index is 0.200. The first-order chi connectivity index (χ1) is 18.2. The van der Waals surface area contributed by atoms with Gasteiger partial charge < -0.3 is 34.5 Å². The predicted octanol–water partition coefficient (Wildman–Crippen LogP) is 12.6. The normalized spacial score (nSPS) is 23.7. The van der Waals surface area contributed by atoms with Crippen molar-refractivity contribution in [2.75, 3.05) is 0 Å². The minimum Gasteiger partial charge on any atom is -0.418 e. The molecule has 0 aliphatic heterocycles. The average Bonchev–Trinajstić information content (AvgIpc) is 2.85. The van der Waals surface area contributed by atoms with Crippen LogP contribution >= 0.6 is 15.8 Å². The minimum atomic E-state index is -6.00. The van der Waals surface area contributed by atoms with E-state index in [0.717, 1.165) is 22.6 Å². The van der Waals surface area contributed by atoms with E-state index in [9.17, 15) is 34.5 Å². The van der Waals surface area contributed by atoms with Crippen LogP contribution in [0.25, 0.3) is 0 Å². The summed E-state index contributed by atoms with van der Waals surface area (Å²) in [6.45, 7) is 5.74. The Hall–Kier alpha value is 0.430.